The van der Waals surface area contributed by atoms with Crippen LogP contribution in [0.3, 0.4) is 0 Å². The van der Waals surface area contributed by atoms with Crippen molar-refractivity contribution in [3.8, 4) is 11.5 Å². The molecule has 4 aliphatic rings. The van der Waals surface area contributed by atoms with E-state index in [1.165, 1.54) is 33.1 Å². The summed E-state index contributed by atoms with van der Waals surface area (Å²) >= 11 is 0. The summed E-state index contributed by atoms with van der Waals surface area (Å²) in [4.78, 5) is 47.6. The van der Waals surface area contributed by atoms with Gasteiger partial charge in [-0.05, 0) is 73.9 Å². The number of likely N-dealkylation sites (tertiary alicyclic amines) is 2. The molecule has 2 aromatic carbocycles. The van der Waals surface area contributed by atoms with Crippen LogP contribution in [0.15, 0.2) is 36.4 Å². The van der Waals surface area contributed by atoms with Crippen molar-refractivity contribution in [1.82, 2.24) is 9.80 Å². The standard InChI is InChI=1S/C16H16F3NO3.C15H14F3NO3/c1-9(21)12-5-10(3-4-13(12)23-2)15-6-11(15)7-20(8-15)14(22)16(17,18)19;1-8(20)11-4-9(2-3-12(11)21)14-5-10(14)6-19(7-14)13(22)15(16,17)18/h3-5,11H,6-8H2,1-2H3;2-4,10,21H,5-7H2,1H3/t11-,15?;10-,14?/m11/s1. The van der Waals surface area contributed by atoms with Gasteiger partial charge in [0.05, 0.1) is 18.2 Å². The third-order valence-corrected chi connectivity index (χ3v) is 9.46. The number of phenolic OH excluding ortho intramolecular Hbond substituents is 1. The van der Waals surface area contributed by atoms with Crippen molar-refractivity contribution >= 4 is 23.4 Å². The molecule has 0 bridgehead atoms. The monoisotopic (exact) mass is 640 g/mol. The number of halogens is 6. The average Bonchev–Trinajstić information content (AvgIpc) is 3.76. The van der Waals surface area contributed by atoms with Gasteiger partial charge in [-0.2, -0.15) is 26.3 Å². The minimum Gasteiger partial charge on any atom is -0.507 e. The number of methoxy groups -OCH3 is 1. The largest absolute Gasteiger partial charge is 0.507 e. The molecular formula is C31H30F6N2O6. The number of alkyl halides is 6. The van der Waals surface area contributed by atoms with E-state index in [0.717, 1.165) is 21.8 Å². The maximum absolute atomic E-state index is 12.6. The first-order chi connectivity index (χ1) is 20.8. The minimum absolute atomic E-state index is 0.00186. The number of aromatic hydroxyl groups is 1. The summed E-state index contributed by atoms with van der Waals surface area (Å²) in [6.07, 6.45) is -8.28. The molecule has 1 N–H and O–H groups in total. The Labute approximate surface area is 253 Å². The number of ether oxygens (including phenoxy) is 1. The van der Waals surface area contributed by atoms with Crippen LogP contribution in [-0.2, 0) is 20.4 Å². The summed E-state index contributed by atoms with van der Waals surface area (Å²) in [5.74, 6) is -3.80. The fourth-order valence-electron chi connectivity index (χ4n) is 6.95. The summed E-state index contributed by atoms with van der Waals surface area (Å²) < 4.78 is 80.5. The van der Waals surface area contributed by atoms with Gasteiger partial charge in [0, 0.05) is 37.0 Å². The highest BCUT2D eigenvalue weighted by atomic mass is 19.4. The normalized spacial score (nSPS) is 26.3. The van der Waals surface area contributed by atoms with E-state index in [1.54, 1.807) is 24.3 Å². The Morgan fingerprint density at radius 2 is 1.18 bits per heavy atom. The Bertz CT molecular complexity index is 1590. The van der Waals surface area contributed by atoms with E-state index >= 15 is 0 Å². The van der Waals surface area contributed by atoms with Crippen LogP contribution >= 0.6 is 0 Å². The number of benzene rings is 2. The van der Waals surface area contributed by atoms with Gasteiger partial charge in [-0.1, -0.05) is 12.1 Å². The van der Waals surface area contributed by atoms with Crippen LogP contribution in [0.25, 0.3) is 0 Å². The summed E-state index contributed by atoms with van der Waals surface area (Å²) in [7, 11) is 1.46. The predicted octanol–water partition coefficient (Wildman–Crippen LogP) is 4.82. The number of fused-ring (bicyclic) bond motifs is 2. The van der Waals surface area contributed by atoms with Crippen LogP contribution in [0.4, 0.5) is 26.3 Å². The second kappa shape index (κ2) is 10.8. The lowest BCUT2D eigenvalue weighted by molar-refractivity contribution is -0.184. The van der Waals surface area contributed by atoms with Gasteiger partial charge >= 0.3 is 24.2 Å². The number of carbonyl (C=O) groups is 4. The average molecular weight is 641 g/mol. The maximum Gasteiger partial charge on any atom is 0.471 e. The maximum atomic E-state index is 12.6. The number of carbonyl (C=O) groups excluding carboxylic acids is 4. The molecule has 2 heterocycles. The van der Waals surface area contributed by atoms with E-state index < -0.39 is 35.0 Å². The fraction of sp³-hybridized carbons (Fsp3) is 0.484. The van der Waals surface area contributed by atoms with E-state index in [9.17, 15) is 50.6 Å². The first kappa shape index (κ1) is 32.3. The van der Waals surface area contributed by atoms with Gasteiger partial charge in [-0.25, -0.2) is 0 Å². The van der Waals surface area contributed by atoms with Crippen LogP contribution in [0, 0.1) is 11.8 Å². The highest BCUT2D eigenvalue weighted by Gasteiger charge is 2.64. The van der Waals surface area contributed by atoms with Gasteiger partial charge < -0.3 is 19.6 Å². The number of ketones is 2. The summed E-state index contributed by atoms with van der Waals surface area (Å²) in [6.45, 7) is 2.96. The van der Waals surface area contributed by atoms with Gasteiger partial charge in [0.15, 0.2) is 11.6 Å². The number of hydrogen-bond acceptors (Lipinski definition) is 6. The minimum atomic E-state index is -4.86. The number of phenols is 1. The van der Waals surface area contributed by atoms with Crippen molar-refractivity contribution in [3.63, 3.8) is 0 Å². The van der Waals surface area contributed by atoms with Crippen molar-refractivity contribution in [3.05, 3.63) is 58.7 Å². The first-order valence-corrected chi connectivity index (χ1v) is 14.1. The van der Waals surface area contributed by atoms with Crippen LogP contribution < -0.4 is 4.74 Å². The van der Waals surface area contributed by atoms with Gasteiger partial charge in [-0.3, -0.25) is 19.2 Å². The smallest absolute Gasteiger partial charge is 0.471 e. The molecule has 45 heavy (non-hydrogen) atoms. The molecule has 2 amide bonds. The molecule has 0 radical (unpaired) electrons. The third-order valence-electron chi connectivity index (χ3n) is 9.46. The van der Waals surface area contributed by atoms with E-state index in [2.05, 4.69) is 0 Å². The zero-order valence-electron chi connectivity index (χ0n) is 24.5. The molecule has 4 fully saturated rings. The lowest BCUT2D eigenvalue weighted by Gasteiger charge is -2.22. The topological polar surface area (TPSA) is 104 Å². The number of hydrogen-bond donors (Lipinski definition) is 1. The first-order valence-electron chi connectivity index (χ1n) is 14.1. The Hall–Kier alpha value is -4.10. The molecule has 242 valence electrons. The summed E-state index contributed by atoms with van der Waals surface area (Å²) in [6, 6.07) is 9.63. The molecular weight excluding hydrogens is 610 g/mol. The Morgan fingerprint density at radius 3 is 1.58 bits per heavy atom. The number of amides is 2. The van der Waals surface area contributed by atoms with Crippen molar-refractivity contribution < 1.29 is 55.4 Å². The lowest BCUT2D eigenvalue weighted by atomic mass is 9.92. The summed E-state index contributed by atoms with van der Waals surface area (Å²) in [5.41, 5.74) is 1.09. The van der Waals surface area contributed by atoms with E-state index in [4.69, 9.17) is 4.74 Å². The zero-order valence-corrected chi connectivity index (χ0v) is 24.5. The quantitative estimate of drug-likeness (QED) is 0.372. The number of nitrogens with zero attached hydrogens (tertiary/aromatic N) is 2. The van der Waals surface area contributed by atoms with E-state index in [-0.39, 0.29) is 60.9 Å². The molecule has 0 aromatic heterocycles. The van der Waals surface area contributed by atoms with Crippen molar-refractivity contribution in [2.24, 2.45) is 11.8 Å². The molecule has 4 atom stereocenters. The van der Waals surface area contributed by atoms with Crippen molar-refractivity contribution in [1.29, 1.82) is 0 Å². The number of Topliss-reactive ketones (excluding diaryl/α,β-unsaturated/α-hetero) is 2. The van der Waals surface area contributed by atoms with Crippen molar-refractivity contribution in [2.75, 3.05) is 33.3 Å². The SMILES string of the molecule is CC(=O)c1cc(C23C[C@@H]2CN(C(=O)C(F)(F)F)C3)ccc1O.COc1ccc(C23C[C@@H]2CN(C(=O)C(F)(F)F)C3)cc1C(C)=O. The van der Waals surface area contributed by atoms with Gasteiger partial charge in [0.25, 0.3) is 0 Å². The van der Waals surface area contributed by atoms with Crippen LogP contribution in [0.5, 0.6) is 11.5 Å². The van der Waals surface area contributed by atoms with Crippen LogP contribution in [0.2, 0.25) is 0 Å². The van der Waals surface area contributed by atoms with E-state index in [0.29, 0.717) is 23.3 Å². The molecule has 2 unspecified atom stereocenters. The van der Waals surface area contributed by atoms with Crippen LogP contribution in [0.1, 0.15) is 58.5 Å². The fourth-order valence-corrected chi connectivity index (χ4v) is 6.95. The van der Waals surface area contributed by atoms with Gasteiger partial charge in [-0.15, -0.1) is 0 Å². The molecule has 6 rings (SSSR count). The van der Waals surface area contributed by atoms with Gasteiger partial charge in [0.1, 0.15) is 11.5 Å². The Kier molecular flexibility index (Phi) is 7.72. The Morgan fingerprint density at radius 1 is 0.756 bits per heavy atom. The molecule has 0 spiro atoms. The third kappa shape index (κ3) is 5.74. The predicted molar refractivity (Wildman–Crippen MR) is 146 cm³/mol. The molecule has 2 saturated heterocycles. The highest BCUT2D eigenvalue weighted by molar-refractivity contribution is 5.97. The summed E-state index contributed by atoms with van der Waals surface area (Å²) in [5, 5.41) is 9.66. The second-order valence-corrected chi connectivity index (χ2v) is 12.2. The van der Waals surface area contributed by atoms with Crippen molar-refractivity contribution in [2.45, 2.75) is 49.9 Å². The molecule has 14 heteroatoms. The van der Waals surface area contributed by atoms with Gasteiger partial charge in [0.2, 0.25) is 0 Å². The number of piperidine rings is 2. The molecule has 8 nitrogen and oxygen atoms in total. The lowest BCUT2D eigenvalue weighted by Crippen LogP contribution is -2.41. The highest BCUT2D eigenvalue weighted by Crippen LogP contribution is 2.60. The Balaban J connectivity index is 0.000000178. The van der Waals surface area contributed by atoms with Crippen LogP contribution in [-0.4, -0.2) is 83.9 Å². The second-order valence-electron chi connectivity index (χ2n) is 12.2. The molecule has 2 aliphatic carbocycles. The molecule has 2 saturated carbocycles. The van der Waals surface area contributed by atoms with E-state index in [1.807, 2.05) is 0 Å². The molecule has 2 aromatic rings. The number of rotatable bonds is 5. The molecule has 2 aliphatic heterocycles. The zero-order chi connectivity index (χ0) is 33.3.